The highest BCUT2D eigenvalue weighted by molar-refractivity contribution is 7.89. The Morgan fingerprint density at radius 2 is 1.59 bits per heavy atom. The molecule has 0 fully saturated rings. The Morgan fingerprint density at radius 3 is 1.95 bits per heavy atom. The quantitative estimate of drug-likeness (QED) is 0.755. The molecule has 1 aromatic rings. The van der Waals surface area contributed by atoms with E-state index in [1.165, 1.54) is 4.31 Å². The van der Waals surface area contributed by atoms with Crippen LogP contribution in [0.2, 0.25) is 0 Å². The van der Waals surface area contributed by atoms with Gasteiger partial charge in [-0.3, -0.25) is 0 Å². The van der Waals surface area contributed by atoms with E-state index >= 15 is 0 Å². The van der Waals surface area contributed by atoms with Gasteiger partial charge in [-0.2, -0.15) is 4.31 Å². The lowest BCUT2D eigenvalue weighted by molar-refractivity contribution is 0.414. The first kappa shape index (κ1) is 22.9. The predicted octanol–water partition coefficient (Wildman–Crippen LogP) is 4.33. The van der Waals surface area contributed by atoms with E-state index in [2.05, 4.69) is 0 Å². The molecular formula is C17H31NO3S. The van der Waals surface area contributed by atoms with Crippen LogP contribution in [0.25, 0.3) is 0 Å². The summed E-state index contributed by atoms with van der Waals surface area (Å²) in [5, 5.41) is 0. The van der Waals surface area contributed by atoms with E-state index in [4.69, 9.17) is 4.74 Å². The average molecular weight is 330 g/mol. The van der Waals surface area contributed by atoms with Gasteiger partial charge in [0.15, 0.2) is 0 Å². The minimum atomic E-state index is -3.43. The first-order chi connectivity index (χ1) is 10.4. The molecular weight excluding hydrogens is 298 g/mol. The maximum atomic E-state index is 12.2. The highest BCUT2D eigenvalue weighted by Crippen LogP contribution is 2.19. The van der Waals surface area contributed by atoms with Crippen LogP contribution in [-0.4, -0.2) is 33.4 Å². The SMILES string of the molecule is C/C=C(\C)CN(C)S(=O)(=O)c1ccc(OC)cc1.CC.CC. The Bertz CT molecular complexity index is 519. The summed E-state index contributed by atoms with van der Waals surface area (Å²) in [6, 6.07) is 6.39. The maximum absolute atomic E-state index is 12.2. The molecule has 0 saturated carbocycles. The van der Waals surface area contributed by atoms with Crippen LogP contribution in [0.1, 0.15) is 41.5 Å². The molecule has 1 rings (SSSR count). The number of sulfonamides is 1. The highest BCUT2D eigenvalue weighted by atomic mass is 32.2. The van der Waals surface area contributed by atoms with Crippen molar-refractivity contribution in [3.63, 3.8) is 0 Å². The monoisotopic (exact) mass is 329 g/mol. The first-order valence-corrected chi connectivity index (χ1v) is 9.08. The van der Waals surface area contributed by atoms with Gasteiger partial charge in [-0.25, -0.2) is 8.42 Å². The minimum absolute atomic E-state index is 0.273. The fraction of sp³-hybridized carbons (Fsp3) is 0.529. The molecule has 0 aliphatic carbocycles. The van der Waals surface area contributed by atoms with Gasteiger partial charge >= 0.3 is 0 Å². The zero-order valence-electron chi connectivity index (χ0n) is 15.2. The second-order valence-corrected chi connectivity index (χ2v) is 6.12. The van der Waals surface area contributed by atoms with Crippen molar-refractivity contribution >= 4 is 10.0 Å². The van der Waals surface area contributed by atoms with Crippen molar-refractivity contribution in [2.45, 2.75) is 46.4 Å². The molecule has 0 bridgehead atoms. The van der Waals surface area contributed by atoms with E-state index in [1.54, 1.807) is 38.4 Å². The van der Waals surface area contributed by atoms with Crippen LogP contribution in [0.3, 0.4) is 0 Å². The van der Waals surface area contributed by atoms with E-state index in [-0.39, 0.29) is 4.90 Å². The van der Waals surface area contributed by atoms with Crippen LogP contribution in [0.5, 0.6) is 5.75 Å². The van der Waals surface area contributed by atoms with Gasteiger partial charge in [0.25, 0.3) is 0 Å². The smallest absolute Gasteiger partial charge is 0.243 e. The Kier molecular flexibility index (Phi) is 12.8. The maximum Gasteiger partial charge on any atom is 0.243 e. The summed E-state index contributed by atoms with van der Waals surface area (Å²) in [6.07, 6.45) is 1.90. The third-order valence-electron chi connectivity index (χ3n) is 2.73. The lowest BCUT2D eigenvalue weighted by atomic mass is 10.3. The fourth-order valence-corrected chi connectivity index (χ4v) is 2.67. The van der Waals surface area contributed by atoms with Gasteiger partial charge in [0.1, 0.15) is 5.75 Å². The van der Waals surface area contributed by atoms with Crippen LogP contribution in [0, 0.1) is 0 Å². The number of allylic oxidation sites excluding steroid dienone is 1. The van der Waals surface area contributed by atoms with Crippen molar-refractivity contribution in [3.05, 3.63) is 35.9 Å². The molecule has 1 aromatic carbocycles. The van der Waals surface area contributed by atoms with Gasteiger partial charge in [0, 0.05) is 13.6 Å². The van der Waals surface area contributed by atoms with Crippen LogP contribution < -0.4 is 4.74 Å². The molecule has 0 aliphatic rings. The summed E-state index contributed by atoms with van der Waals surface area (Å²) in [4.78, 5) is 0.273. The number of benzene rings is 1. The number of rotatable bonds is 5. The zero-order valence-corrected chi connectivity index (χ0v) is 16.0. The number of hydrogen-bond donors (Lipinski definition) is 0. The van der Waals surface area contributed by atoms with E-state index in [1.807, 2.05) is 47.6 Å². The molecule has 0 N–H and O–H groups in total. The third kappa shape index (κ3) is 7.09. The Morgan fingerprint density at radius 1 is 1.14 bits per heavy atom. The Balaban J connectivity index is 0. The molecule has 5 heteroatoms. The molecule has 0 aromatic heterocycles. The topological polar surface area (TPSA) is 46.6 Å². The number of nitrogens with zero attached hydrogens (tertiary/aromatic N) is 1. The van der Waals surface area contributed by atoms with Gasteiger partial charge in [0.2, 0.25) is 10.0 Å². The molecule has 0 aliphatic heterocycles. The Labute approximate surface area is 136 Å². The van der Waals surface area contributed by atoms with Crippen LogP contribution in [0.15, 0.2) is 40.8 Å². The fourth-order valence-electron chi connectivity index (χ4n) is 1.46. The van der Waals surface area contributed by atoms with Crippen LogP contribution in [-0.2, 0) is 10.0 Å². The van der Waals surface area contributed by atoms with E-state index in [0.29, 0.717) is 12.3 Å². The zero-order chi connectivity index (χ0) is 17.8. The van der Waals surface area contributed by atoms with E-state index in [0.717, 1.165) is 5.57 Å². The summed E-state index contributed by atoms with van der Waals surface area (Å²) in [6.45, 7) is 12.2. The second kappa shape index (κ2) is 12.2. The molecule has 4 nitrogen and oxygen atoms in total. The highest BCUT2D eigenvalue weighted by Gasteiger charge is 2.20. The molecule has 0 heterocycles. The van der Waals surface area contributed by atoms with Gasteiger partial charge in [0.05, 0.1) is 12.0 Å². The van der Waals surface area contributed by atoms with Crippen molar-refractivity contribution in [2.24, 2.45) is 0 Å². The molecule has 0 radical (unpaired) electrons. The molecule has 0 amide bonds. The summed E-state index contributed by atoms with van der Waals surface area (Å²) in [5.74, 6) is 0.640. The first-order valence-electron chi connectivity index (χ1n) is 7.64. The molecule has 128 valence electrons. The second-order valence-electron chi connectivity index (χ2n) is 4.07. The van der Waals surface area contributed by atoms with E-state index < -0.39 is 10.0 Å². The molecule has 22 heavy (non-hydrogen) atoms. The lowest BCUT2D eigenvalue weighted by Gasteiger charge is -2.17. The van der Waals surface area contributed by atoms with Crippen molar-refractivity contribution in [3.8, 4) is 5.75 Å². The summed E-state index contributed by atoms with van der Waals surface area (Å²) in [5.41, 5.74) is 1.01. The minimum Gasteiger partial charge on any atom is -0.497 e. The van der Waals surface area contributed by atoms with Gasteiger partial charge in [-0.15, -0.1) is 0 Å². The van der Waals surface area contributed by atoms with Crippen LogP contribution in [0.4, 0.5) is 0 Å². The molecule has 0 unspecified atom stereocenters. The number of likely N-dealkylation sites (N-methyl/N-ethyl adjacent to an activating group) is 1. The molecule has 0 atom stereocenters. The van der Waals surface area contributed by atoms with Crippen LogP contribution >= 0.6 is 0 Å². The summed E-state index contributed by atoms with van der Waals surface area (Å²) >= 11 is 0. The largest absolute Gasteiger partial charge is 0.497 e. The third-order valence-corrected chi connectivity index (χ3v) is 4.55. The normalized spacial score (nSPS) is 11.0. The Hall–Kier alpha value is -1.33. The standard InChI is InChI=1S/C13H19NO3S.2C2H6/c1-5-11(2)10-14(3)18(15,16)13-8-6-12(17-4)7-9-13;2*1-2/h5-9H,10H2,1-4H3;2*1-2H3/b11-5+;;. The van der Waals surface area contributed by atoms with Gasteiger partial charge < -0.3 is 4.74 Å². The van der Waals surface area contributed by atoms with Gasteiger partial charge in [-0.1, -0.05) is 39.3 Å². The lowest BCUT2D eigenvalue weighted by Crippen LogP contribution is -2.28. The van der Waals surface area contributed by atoms with Crippen molar-refractivity contribution in [2.75, 3.05) is 20.7 Å². The number of hydrogen-bond acceptors (Lipinski definition) is 3. The molecule has 0 spiro atoms. The predicted molar refractivity (Wildman–Crippen MR) is 94.9 cm³/mol. The van der Waals surface area contributed by atoms with Crippen molar-refractivity contribution in [1.82, 2.24) is 4.31 Å². The van der Waals surface area contributed by atoms with E-state index in [9.17, 15) is 8.42 Å². The molecule has 0 saturated heterocycles. The summed E-state index contributed by atoms with van der Waals surface area (Å²) < 4.78 is 30.8. The number of methoxy groups -OCH3 is 1. The van der Waals surface area contributed by atoms with Crippen molar-refractivity contribution < 1.29 is 13.2 Å². The summed E-state index contributed by atoms with van der Waals surface area (Å²) in [7, 11) is -0.310. The number of ether oxygens (including phenoxy) is 1. The average Bonchev–Trinajstić information content (AvgIpc) is 2.58. The van der Waals surface area contributed by atoms with Gasteiger partial charge in [-0.05, 0) is 38.1 Å². The van der Waals surface area contributed by atoms with Crippen molar-refractivity contribution in [1.29, 1.82) is 0 Å².